The predicted octanol–water partition coefficient (Wildman–Crippen LogP) is 6.10. The summed E-state index contributed by atoms with van der Waals surface area (Å²) in [4.78, 5) is 38.9. The van der Waals surface area contributed by atoms with Crippen LogP contribution in [0.4, 0.5) is 10.5 Å². The first-order valence-electron chi connectivity index (χ1n) is 11.7. The Bertz CT molecular complexity index is 1180. The summed E-state index contributed by atoms with van der Waals surface area (Å²) in [6.45, 7) is 0.167. The second kappa shape index (κ2) is 11.8. The third kappa shape index (κ3) is 6.57. The molecule has 2 N–H and O–H groups in total. The minimum Gasteiger partial charge on any atom is -0.445 e. The summed E-state index contributed by atoms with van der Waals surface area (Å²) in [5.41, 5.74) is 2.29. The predicted molar refractivity (Wildman–Crippen MR) is 138 cm³/mol. The highest BCUT2D eigenvalue weighted by Crippen LogP contribution is 2.29. The molecular formula is C28H27BrN2O4. The molecule has 1 fully saturated rings. The van der Waals surface area contributed by atoms with Crippen LogP contribution in [-0.2, 0) is 16.1 Å². The Labute approximate surface area is 213 Å². The highest BCUT2D eigenvalue weighted by Gasteiger charge is 2.33. The molecule has 3 aromatic carbocycles. The van der Waals surface area contributed by atoms with E-state index in [2.05, 4.69) is 26.6 Å². The van der Waals surface area contributed by atoms with Crippen molar-refractivity contribution in [2.45, 2.75) is 38.3 Å². The van der Waals surface area contributed by atoms with Crippen molar-refractivity contribution in [3.63, 3.8) is 0 Å². The Kier molecular flexibility index (Phi) is 8.32. The van der Waals surface area contributed by atoms with E-state index < -0.39 is 12.0 Å². The minimum atomic E-state index is -0.540. The molecule has 4 rings (SSSR count). The number of ether oxygens (including phenoxy) is 1. The standard InChI is InChI=1S/C28H27BrN2O4/c29-21-15-16-25(23(17-21)26(32)20-11-5-2-6-12-20)30-27(33)22-13-7-8-14-24(22)31-28(34)35-18-19-9-3-1-4-10-19/h1-6,9-12,15-17,22,24H,7-8,13-14,18H2,(H,30,33)(H,31,34). The third-order valence-corrected chi connectivity index (χ3v) is 6.63. The van der Waals surface area contributed by atoms with Crippen molar-refractivity contribution in [2.24, 2.45) is 5.92 Å². The number of benzene rings is 3. The van der Waals surface area contributed by atoms with Gasteiger partial charge in [-0.1, -0.05) is 89.4 Å². The van der Waals surface area contributed by atoms with Crippen LogP contribution in [0.25, 0.3) is 0 Å². The molecule has 0 aromatic heterocycles. The molecule has 0 spiro atoms. The van der Waals surface area contributed by atoms with E-state index in [9.17, 15) is 14.4 Å². The second-order valence-corrected chi connectivity index (χ2v) is 9.49. The van der Waals surface area contributed by atoms with Gasteiger partial charge in [0.2, 0.25) is 5.91 Å². The first kappa shape index (κ1) is 24.7. The molecule has 0 heterocycles. The molecule has 3 aromatic rings. The number of hydrogen-bond donors (Lipinski definition) is 2. The van der Waals surface area contributed by atoms with E-state index in [1.807, 2.05) is 36.4 Å². The average molecular weight is 535 g/mol. The number of hydrogen-bond acceptors (Lipinski definition) is 4. The number of anilines is 1. The van der Waals surface area contributed by atoms with Gasteiger partial charge in [-0.2, -0.15) is 0 Å². The number of nitrogens with one attached hydrogen (secondary N) is 2. The number of rotatable bonds is 7. The zero-order valence-corrected chi connectivity index (χ0v) is 20.8. The zero-order valence-electron chi connectivity index (χ0n) is 19.2. The Morgan fingerprint density at radius 2 is 1.57 bits per heavy atom. The lowest BCUT2D eigenvalue weighted by Gasteiger charge is -2.31. The third-order valence-electron chi connectivity index (χ3n) is 6.14. The van der Waals surface area contributed by atoms with Gasteiger partial charge >= 0.3 is 6.09 Å². The number of ketones is 1. The molecule has 1 aliphatic carbocycles. The van der Waals surface area contributed by atoms with Gasteiger partial charge in [-0.05, 0) is 36.6 Å². The van der Waals surface area contributed by atoms with Gasteiger partial charge in [-0.3, -0.25) is 9.59 Å². The summed E-state index contributed by atoms with van der Waals surface area (Å²) >= 11 is 3.42. The summed E-state index contributed by atoms with van der Waals surface area (Å²) in [6, 6.07) is 23.3. The first-order valence-corrected chi connectivity index (χ1v) is 12.5. The Hall–Kier alpha value is -3.45. The van der Waals surface area contributed by atoms with Crippen LogP contribution in [0.1, 0.15) is 47.2 Å². The van der Waals surface area contributed by atoms with Gasteiger partial charge in [0.25, 0.3) is 0 Å². The van der Waals surface area contributed by atoms with Crippen LogP contribution < -0.4 is 10.6 Å². The van der Waals surface area contributed by atoms with E-state index in [0.29, 0.717) is 29.7 Å². The molecule has 180 valence electrons. The maximum Gasteiger partial charge on any atom is 0.407 e. The topological polar surface area (TPSA) is 84.5 Å². The van der Waals surface area contributed by atoms with Crippen molar-refractivity contribution in [3.8, 4) is 0 Å². The second-order valence-electron chi connectivity index (χ2n) is 8.58. The number of amides is 2. The number of carbonyl (C=O) groups is 3. The van der Waals surface area contributed by atoms with Crippen LogP contribution in [0.3, 0.4) is 0 Å². The molecule has 1 saturated carbocycles. The van der Waals surface area contributed by atoms with Gasteiger partial charge in [0.1, 0.15) is 6.61 Å². The molecule has 2 amide bonds. The molecule has 0 aliphatic heterocycles. The fourth-order valence-electron chi connectivity index (χ4n) is 4.32. The lowest BCUT2D eigenvalue weighted by Crippen LogP contribution is -2.46. The molecule has 0 saturated heterocycles. The molecule has 7 heteroatoms. The van der Waals surface area contributed by atoms with Gasteiger partial charge < -0.3 is 15.4 Å². The van der Waals surface area contributed by atoms with E-state index in [-0.39, 0.29) is 24.3 Å². The highest BCUT2D eigenvalue weighted by molar-refractivity contribution is 9.10. The lowest BCUT2D eigenvalue weighted by molar-refractivity contribution is -0.121. The number of alkyl carbamates (subject to hydrolysis) is 1. The van der Waals surface area contributed by atoms with E-state index in [0.717, 1.165) is 22.9 Å². The number of halogens is 1. The van der Waals surface area contributed by atoms with Crippen LogP contribution in [0, 0.1) is 5.92 Å². The van der Waals surface area contributed by atoms with Crippen molar-refractivity contribution in [3.05, 3.63) is 100 Å². The van der Waals surface area contributed by atoms with E-state index in [4.69, 9.17) is 4.74 Å². The smallest absolute Gasteiger partial charge is 0.407 e. The summed E-state index contributed by atoms with van der Waals surface area (Å²) in [7, 11) is 0. The maximum absolute atomic E-state index is 13.3. The van der Waals surface area contributed by atoms with Gasteiger partial charge in [-0.25, -0.2) is 4.79 Å². The Morgan fingerprint density at radius 3 is 2.31 bits per heavy atom. The Balaban J connectivity index is 1.44. The molecule has 1 aliphatic rings. The molecule has 6 nitrogen and oxygen atoms in total. The van der Waals surface area contributed by atoms with Crippen LogP contribution in [0.15, 0.2) is 83.3 Å². The van der Waals surface area contributed by atoms with Gasteiger partial charge in [0, 0.05) is 21.6 Å². The maximum atomic E-state index is 13.3. The summed E-state index contributed by atoms with van der Waals surface area (Å²) in [6.07, 6.45) is 2.61. The van der Waals surface area contributed by atoms with Crippen molar-refractivity contribution in [1.82, 2.24) is 5.32 Å². The van der Waals surface area contributed by atoms with Crippen LogP contribution in [-0.4, -0.2) is 23.8 Å². The average Bonchev–Trinajstić information content (AvgIpc) is 2.89. The normalized spacial score (nSPS) is 17.3. The molecule has 2 unspecified atom stereocenters. The molecule has 2 atom stereocenters. The van der Waals surface area contributed by atoms with Crippen molar-refractivity contribution in [2.75, 3.05) is 5.32 Å². The molecule has 35 heavy (non-hydrogen) atoms. The van der Waals surface area contributed by atoms with Crippen molar-refractivity contribution < 1.29 is 19.1 Å². The van der Waals surface area contributed by atoms with E-state index >= 15 is 0 Å². The fourth-order valence-corrected chi connectivity index (χ4v) is 4.68. The summed E-state index contributed by atoms with van der Waals surface area (Å²) < 4.78 is 6.10. The molecule has 0 radical (unpaired) electrons. The zero-order chi connectivity index (χ0) is 24.6. The monoisotopic (exact) mass is 534 g/mol. The van der Waals surface area contributed by atoms with E-state index in [1.165, 1.54) is 0 Å². The van der Waals surface area contributed by atoms with Gasteiger partial charge in [0.15, 0.2) is 5.78 Å². The Morgan fingerprint density at radius 1 is 0.886 bits per heavy atom. The van der Waals surface area contributed by atoms with Crippen LogP contribution in [0.2, 0.25) is 0 Å². The van der Waals surface area contributed by atoms with Gasteiger partial charge in [0.05, 0.1) is 11.6 Å². The largest absolute Gasteiger partial charge is 0.445 e. The van der Waals surface area contributed by atoms with Crippen LogP contribution in [0.5, 0.6) is 0 Å². The summed E-state index contributed by atoms with van der Waals surface area (Å²) in [5, 5.41) is 5.83. The summed E-state index contributed by atoms with van der Waals surface area (Å²) in [5.74, 6) is -0.816. The first-order chi connectivity index (χ1) is 17.0. The van der Waals surface area contributed by atoms with Crippen LogP contribution >= 0.6 is 15.9 Å². The lowest BCUT2D eigenvalue weighted by atomic mass is 9.83. The van der Waals surface area contributed by atoms with E-state index in [1.54, 1.807) is 42.5 Å². The molecular weight excluding hydrogens is 508 g/mol. The number of carbonyl (C=O) groups excluding carboxylic acids is 3. The van der Waals surface area contributed by atoms with Crippen molar-refractivity contribution in [1.29, 1.82) is 0 Å². The quantitative estimate of drug-likeness (QED) is 0.358. The highest BCUT2D eigenvalue weighted by atomic mass is 79.9. The SMILES string of the molecule is O=C(NC1CCCCC1C(=O)Nc1ccc(Br)cc1C(=O)c1ccccc1)OCc1ccccc1. The fraction of sp³-hybridized carbons (Fsp3) is 0.250. The molecule has 0 bridgehead atoms. The minimum absolute atomic E-state index is 0.167. The van der Waals surface area contributed by atoms with Crippen molar-refractivity contribution >= 4 is 39.4 Å². The van der Waals surface area contributed by atoms with Gasteiger partial charge in [-0.15, -0.1) is 0 Å².